The van der Waals surface area contributed by atoms with Gasteiger partial charge >= 0.3 is 0 Å². The minimum absolute atomic E-state index is 0. The van der Waals surface area contributed by atoms with E-state index in [4.69, 9.17) is 69.6 Å². The second-order valence-electron chi connectivity index (χ2n) is 9.53. The number of rotatable bonds is 6. The van der Waals surface area contributed by atoms with Crippen molar-refractivity contribution in [1.29, 1.82) is 0 Å². The molecule has 6 aromatic carbocycles. The van der Waals surface area contributed by atoms with Crippen LogP contribution < -0.4 is 31.8 Å². The molecule has 1 radical (unpaired) electrons. The van der Waals surface area contributed by atoms with Crippen molar-refractivity contribution in [2.45, 2.75) is 0 Å². The normalized spacial score (nSPS) is 10.7. The van der Waals surface area contributed by atoms with Crippen molar-refractivity contribution in [1.82, 2.24) is 0 Å². The monoisotopic (exact) mass is 791 g/mol. The standard InChI is InChI=1S/2C18H12Cl3P.Cu/c2*19-13-1-7-16(8-2-13)22(17-9-3-14(20)4-10-17)18-11-5-15(21)6-12-18;/h2*1-12H;. The summed E-state index contributed by atoms with van der Waals surface area (Å²) in [6.07, 6.45) is 0. The van der Waals surface area contributed by atoms with Gasteiger partial charge in [-0.25, -0.2) is 0 Å². The quantitative estimate of drug-likeness (QED) is 0.116. The van der Waals surface area contributed by atoms with Gasteiger partial charge in [-0.15, -0.1) is 0 Å². The topological polar surface area (TPSA) is 0 Å². The molecule has 0 unspecified atom stereocenters. The first kappa shape index (κ1) is 36.3. The van der Waals surface area contributed by atoms with Gasteiger partial charge in [0.2, 0.25) is 0 Å². The number of hydrogen-bond acceptors (Lipinski definition) is 0. The molecule has 0 atom stereocenters. The molecule has 0 bridgehead atoms. The van der Waals surface area contributed by atoms with E-state index in [0.717, 1.165) is 30.1 Å². The van der Waals surface area contributed by atoms with E-state index in [1.54, 1.807) is 0 Å². The van der Waals surface area contributed by atoms with Crippen molar-refractivity contribution in [3.8, 4) is 0 Å². The maximum Gasteiger partial charge on any atom is 0.0406 e. The van der Waals surface area contributed by atoms with Crippen LogP contribution in [-0.4, -0.2) is 0 Å². The van der Waals surface area contributed by atoms with Crippen LogP contribution >= 0.6 is 85.4 Å². The molecule has 9 heteroatoms. The Bertz CT molecular complexity index is 1430. The molecule has 231 valence electrons. The molecule has 0 spiro atoms. The van der Waals surface area contributed by atoms with Gasteiger partial charge in [-0.05, 0) is 120 Å². The van der Waals surface area contributed by atoms with Gasteiger partial charge in [0.15, 0.2) is 0 Å². The fourth-order valence-corrected chi connectivity index (χ4v) is 9.66. The van der Waals surface area contributed by atoms with Gasteiger partial charge in [0.25, 0.3) is 0 Å². The van der Waals surface area contributed by atoms with Gasteiger partial charge in [-0.3, -0.25) is 0 Å². The van der Waals surface area contributed by atoms with E-state index in [-0.39, 0.29) is 17.1 Å². The summed E-state index contributed by atoms with van der Waals surface area (Å²) < 4.78 is 0. The van der Waals surface area contributed by atoms with Gasteiger partial charge < -0.3 is 0 Å². The van der Waals surface area contributed by atoms with Gasteiger partial charge in [-0.2, -0.15) is 0 Å². The molecule has 0 N–H and O–H groups in total. The first-order chi connectivity index (χ1) is 21.3. The van der Waals surface area contributed by atoms with Gasteiger partial charge in [0.1, 0.15) is 0 Å². The Hall–Kier alpha value is -1.56. The predicted molar refractivity (Wildman–Crippen MR) is 200 cm³/mol. The second-order valence-corrected chi connectivity index (χ2v) is 16.6. The summed E-state index contributed by atoms with van der Waals surface area (Å²) in [5, 5.41) is 11.9. The molecule has 45 heavy (non-hydrogen) atoms. The summed E-state index contributed by atoms with van der Waals surface area (Å²) in [5.74, 6) is 0. The van der Waals surface area contributed by atoms with E-state index < -0.39 is 15.8 Å². The van der Waals surface area contributed by atoms with E-state index in [2.05, 4.69) is 72.8 Å². The summed E-state index contributed by atoms with van der Waals surface area (Å²) in [6.45, 7) is 0. The summed E-state index contributed by atoms with van der Waals surface area (Å²) in [7, 11) is -1.32. The first-order valence-electron chi connectivity index (χ1n) is 13.4. The zero-order valence-corrected chi connectivity index (χ0v) is 30.6. The molecular weight excluding hydrogens is 771 g/mol. The summed E-state index contributed by atoms with van der Waals surface area (Å²) >= 11 is 36.1. The molecule has 0 fully saturated rings. The third-order valence-corrected chi connectivity index (χ3v) is 12.9. The summed E-state index contributed by atoms with van der Waals surface area (Å²) in [4.78, 5) is 0. The molecule has 0 amide bonds. The van der Waals surface area contributed by atoms with Crippen molar-refractivity contribution >= 4 is 117 Å². The van der Waals surface area contributed by atoms with Crippen molar-refractivity contribution in [2.75, 3.05) is 0 Å². The minimum Gasteiger partial charge on any atom is -0.0843 e. The fraction of sp³-hybridized carbons (Fsp3) is 0. The van der Waals surface area contributed by atoms with Crippen LogP contribution in [0.5, 0.6) is 0 Å². The van der Waals surface area contributed by atoms with Gasteiger partial charge in [0, 0.05) is 47.2 Å². The molecule has 0 aliphatic heterocycles. The van der Waals surface area contributed by atoms with E-state index in [0.29, 0.717) is 0 Å². The Balaban J connectivity index is 0.000000200. The van der Waals surface area contributed by atoms with Crippen LogP contribution in [0.3, 0.4) is 0 Å². The van der Waals surface area contributed by atoms with E-state index in [1.807, 2.05) is 72.8 Å². The Morgan fingerprint density at radius 1 is 0.222 bits per heavy atom. The Kier molecular flexibility index (Phi) is 14.1. The van der Waals surface area contributed by atoms with Crippen LogP contribution in [0.25, 0.3) is 0 Å². The van der Waals surface area contributed by atoms with E-state index in [1.165, 1.54) is 31.8 Å². The minimum atomic E-state index is -0.659. The molecular formula is C36H24Cl6CuP2. The molecule has 6 aromatic rings. The van der Waals surface area contributed by atoms with Gasteiger partial charge in [0.05, 0.1) is 0 Å². The molecule has 0 aliphatic rings. The SMILES string of the molecule is Clc1ccc(P(c2ccc(Cl)cc2)c2ccc(Cl)cc2)cc1.Clc1ccc(P(c2ccc(Cl)cc2)c2ccc(Cl)cc2)cc1.[Cu]. The van der Waals surface area contributed by atoms with Crippen LogP contribution in [0.1, 0.15) is 0 Å². The Morgan fingerprint density at radius 2 is 0.333 bits per heavy atom. The average Bonchev–Trinajstić information content (AvgIpc) is 3.03. The zero-order chi connectivity index (χ0) is 31.1. The van der Waals surface area contributed by atoms with Gasteiger partial charge in [-0.1, -0.05) is 142 Å². The number of halogens is 6. The zero-order valence-electron chi connectivity index (χ0n) is 23.3. The maximum absolute atomic E-state index is 6.02. The largest absolute Gasteiger partial charge is 0.0843 e. The molecule has 0 saturated carbocycles. The van der Waals surface area contributed by atoms with Crippen LogP contribution in [0.15, 0.2) is 146 Å². The van der Waals surface area contributed by atoms with Crippen molar-refractivity contribution in [3.63, 3.8) is 0 Å². The van der Waals surface area contributed by atoms with Crippen LogP contribution in [-0.2, 0) is 17.1 Å². The molecule has 0 aliphatic carbocycles. The Labute approximate surface area is 307 Å². The molecule has 6 rings (SSSR count). The average molecular weight is 795 g/mol. The molecule has 0 aromatic heterocycles. The predicted octanol–water partition coefficient (Wildman–Crippen LogP) is 10.8. The van der Waals surface area contributed by atoms with Crippen LogP contribution in [0.4, 0.5) is 0 Å². The smallest absolute Gasteiger partial charge is 0.0406 e. The second kappa shape index (κ2) is 17.6. The third-order valence-electron chi connectivity index (χ3n) is 6.51. The molecule has 0 nitrogen and oxygen atoms in total. The summed E-state index contributed by atoms with van der Waals surface area (Å²) in [5.41, 5.74) is 0. The molecule has 0 saturated heterocycles. The molecule has 0 heterocycles. The maximum atomic E-state index is 6.02. The number of hydrogen-bond donors (Lipinski definition) is 0. The first-order valence-corrected chi connectivity index (χ1v) is 18.4. The number of benzene rings is 6. The third kappa shape index (κ3) is 10.2. The van der Waals surface area contributed by atoms with Crippen molar-refractivity contribution in [3.05, 3.63) is 176 Å². The fourth-order valence-electron chi connectivity index (χ4n) is 4.44. The van der Waals surface area contributed by atoms with Crippen LogP contribution in [0, 0.1) is 0 Å². The summed E-state index contributed by atoms with van der Waals surface area (Å²) in [6, 6.07) is 48.1. The van der Waals surface area contributed by atoms with Crippen molar-refractivity contribution < 1.29 is 17.1 Å². The van der Waals surface area contributed by atoms with E-state index in [9.17, 15) is 0 Å². The van der Waals surface area contributed by atoms with E-state index >= 15 is 0 Å². The Morgan fingerprint density at radius 3 is 0.444 bits per heavy atom. The van der Waals surface area contributed by atoms with Crippen molar-refractivity contribution in [2.24, 2.45) is 0 Å². The van der Waals surface area contributed by atoms with Crippen LogP contribution in [0.2, 0.25) is 30.1 Å².